The fraction of sp³-hybridized carbons (Fsp3) is 0.400. The molecule has 7 nitrogen and oxygen atoms in total. The number of carbonyl (C=O) groups excluding carboxylic acids is 1. The summed E-state index contributed by atoms with van der Waals surface area (Å²) in [7, 11) is 0. The highest BCUT2D eigenvalue weighted by Gasteiger charge is 2.42. The molecule has 0 amide bonds. The van der Waals surface area contributed by atoms with Crippen LogP contribution in [0.3, 0.4) is 0 Å². The van der Waals surface area contributed by atoms with Gasteiger partial charge in [0.1, 0.15) is 5.69 Å². The highest BCUT2D eigenvalue weighted by Crippen LogP contribution is 2.49. The van der Waals surface area contributed by atoms with Gasteiger partial charge >= 0.3 is 0 Å². The summed E-state index contributed by atoms with van der Waals surface area (Å²) in [4.78, 5) is 29.7. The molecule has 3 heterocycles. The van der Waals surface area contributed by atoms with Gasteiger partial charge in [0.2, 0.25) is 5.43 Å². The Morgan fingerprint density at radius 1 is 1.33 bits per heavy atom. The Labute approximate surface area is 190 Å². The number of nitrogens with zero attached hydrogens (tertiary/aromatic N) is 2. The minimum Gasteiger partial charge on any atom is -0.489 e. The van der Waals surface area contributed by atoms with E-state index in [0.29, 0.717) is 24.4 Å². The van der Waals surface area contributed by atoms with Crippen molar-refractivity contribution in [3.63, 3.8) is 0 Å². The van der Waals surface area contributed by atoms with Crippen molar-refractivity contribution in [2.24, 2.45) is 0 Å². The molecule has 3 N–H and O–H groups in total. The Bertz CT molecular complexity index is 1300. The van der Waals surface area contributed by atoms with Gasteiger partial charge in [-0.1, -0.05) is 6.07 Å². The number of anilines is 2. The zero-order valence-corrected chi connectivity index (χ0v) is 18.6. The highest BCUT2D eigenvalue weighted by atomic mass is 19.1. The molecule has 0 saturated heterocycles. The SMILES string of the molecule is CC(=O)c1cn2c3c(c(NCCCc4ccccn4)c(F)c(N)c3c1=O)OCCC21CCC1. The van der Waals surface area contributed by atoms with Gasteiger partial charge in [-0.05, 0) is 51.2 Å². The van der Waals surface area contributed by atoms with E-state index in [1.54, 1.807) is 12.4 Å². The van der Waals surface area contributed by atoms with Crippen LogP contribution >= 0.6 is 0 Å². The predicted octanol–water partition coefficient (Wildman–Crippen LogP) is 4.03. The number of pyridine rings is 2. The summed E-state index contributed by atoms with van der Waals surface area (Å²) in [5.41, 5.74) is 6.79. The molecule has 0 unspecified atom stereocenters. The maximum Gasteiger partial charge on any atom is 0.202 e. The molecule has 0 radical (unpaired) electrons. The first-order chi connectivity index (χ1) is 15.9. The molecular formula is C25H27FN4O3. The molecule has 1 saturated carbocycles. The summed E-state index contributed by atoms with van der Waals surface area (Å²) >= 11 is 0. The van der Waals surface area contributed by atoms with Gasteiger partial charge in [-0.3, -0.25) is 14.6 Å². The maximum absolute atomic E-state index is 15.5. The molecule has 2 aromatic heterocycles. The molecule has 0 atom stereocenters. The van der Waals surface area contributed by atoms with Crippen molar-refractivity contribution in [2.75, 3.05) is 24.2 Å². The zero-order valence-electron chi connectivity index (χ0n) is 18.6. The molecular weight excluding hydrogens is 423 g/mol. The number of fused-ring (bicyclic) bond motifs is 1. The standard InChI is InChI=1S/C25H27FN4O3/c1-15(31)17-14-30-22-18(23(17)32)20(27)19(26)21(24(22)33-13-10-25(30)8-5-9-25)29-12-4-7-16-6-2-3-11-28-16/h2-3,6,11,14,29H,4-5,7-10,12-13,27H2,1H3. The van der Waals surface area contributed by atoms with Gasteiger partial charge in [0.15, 0.2) is 17.3 Å². The van der Waals surface area contributed by atoms with Gasteiger partial charge in [0.05, 0.1) is 28.8 Å². The van der Waals surface area contributed by atoms with E-state index in [9.17, 15) is 9.59 Å². The number of nitrogens with one attached hydrogen (secondary N) is 1. The molecule has 8 heteroatoms. The molecule has 33 heavy (non-hydrogen) atoms. The number of benzene rings is 1. The number of hydrogen-bond acceptors (Lipinski definition) is 6. The van der Waals surface area contributed by atoms with E-state index < -0.39 is 11.2 Å². The van der Waals surface area contributed by atoms with E-state index >= 15 is 4.39 Å². The predicted molar refractivity (Wildman–Crippen MR) is 126 cm³/mol. The summed E-state index contributed by atoms with van der Waals surface area (Å²) in [6.45, 7) is 2.23. The summed E-state index contributed by atoms with van der Waals surface area (Å²) < 4.78 is 23.6. The van der Waals surface area contributed by atoms with Crippen LogP contribution in [-0.4, -0.2) is 28.5 Å². The van der Waals surface area contributed by atoms with Crippen LogP contribution in [0.15, 0.2) is 35.4 Å². The minimum absolute atomic E-state index is 0.0300. The second-order valence-electron chi connectivity index (χ2n) is 8.98. The molecule has 1 aromatic carbocycles. The number of aromatic nitrogens is 2. The van der Waals surface area contributed by atoms with E-state index in [-0.39, 0.29) is 33.6 Å². The Balaban J connectivity index is 1.61. The van der Waals surface area contributed by atoms with Crippen molar-refractivity contribution in [3.05, 3.63) is 57.9 Å². The molecule has 172 valence electrons. The van der Waals surface area contributed by atoms with E-state index in [2.05, 4.69) is 10.3 Å². The van der Waals surface area contributed by atoms with Gasteiger partial charge in [-0.25, -0.2) is 4.39 Å². The number of Topliss-reactive ketones (excluding diaryl/α,β-unsaturated/α-hetero) is 1. The molecule has 1 aliphatic carbocycles. The highest BCUT2D eigenvalue weighted by molar-refractivity contribution is 6.04. The maximum atomic E-state index is 15.5. The second-order valence-corrected chi connectivity index (χ2v) is 8.98. The quantitative estimate of drug-likeness (QED) is 0.334. The third kappa shape index (κ3) is 3.44. The number of nitrogens with two attached hydrogens (primary N) is 1. The van der Waals surface area contributed by atoms with E-state index in [4.69, 9.17) is 10.5 Å². The van der Waals surface area contributed by atoms with Gasteiger partial charge in [0, 0.05) is 36.6 Å². The lowest BCUT2D eigenvalue weighted by molar-refractivity contribution is 0.100. The first kappa shape index (κ1) is 21.4. The van der Waals surface area contributed by atoms with Crippen LogP contribution in [0.1, 0.15) is 55.1 Å². The third-order valence-corrected chi connectivity index (χ3v) is 7.00. The van der Waals surface area contributed by atoms with Crippen LogP contribution in [-0.2, 0) is 12.0 Å². The Morgan fingerprint density at radius 2 is 2.15 bits per heavy atom. The van der Waals surface area contributed by atoms with Gasteiger partial charge in [0.25, 0.3) is 0 Å². The average Bonchev–Trinajstić information content (AvgIpc) is 2.95. The fourth-order valence-corrected chi connectivity index (χ4v) is 5.04. The van der Waals surface area contributed by atoms with Crippen molar-refractivity contribution < 1.29 is 13.9 Å². The van der Waals surface area contributed by atoms with Crippen LogP contribution in [0.4, 0.5) is 15.8 Å². The number of rotatable bonds is 6. The van der Waals surface area contributed by atoms with Crippen molar-refractivity contribution in [3.8, 4) is 5.75 Å². The molecule has 0 bridgehead atoms. The van der Waals surface area contributed by atoms with Gasteiger partial charge in [-0.2, -0.15) is 0 Å². The number of ether oxygens (including phenoxy) is 1. The molecule has 5 rings (SSSR count). The van der Waals surface area contributed by atoms with E-state index in [1.165, 1.54) is 6.92 Å². The van der Waals surface area contributed by atoms with Crippen molar-refractivity contribution in [1.29, 1.82) is 0 Å². The lowest BCUT2D eigenvalue weighted by atomic mass is 9.74. The van der Waals surface area contributed by atoms with E-state index in [1.807, 2.05) is 22.8 Å². The smallest absolute Gasteiger partial charge is 0.202 e. The summed E-state index contributed by atoms with van der Waals surface area (Å²) in [6.07, 6.45) is 8.44. The van der Waals surface area contributed by atoms with E-state index in [0.717, 1.165) is 44.2 Å². The normalized spacial score (nSPS) is 16.2. The molecule has 1 aliphatic heterocycles. The lowest BCUT2D eigenvalue weighted by Crippen LogP contribution is -2.42. The monoisotopic (exact) mass is 450 g/mol. The second kappa shape index (κ2) is 8.17. The first-order valence-electron chi connectivity index (χ1n) is 11.4. The summed E-state index contributed by atoms with van der Waals surface area (Å²) in [5, 5.41) is 3.18. The zero-order chi connectivity index (χ0) is 23.2. The average molecular weight is 451 g/mol. The molecule has 1 spiro atoms. The summed E-state index contributed by atoms with van der Waals surface area (Å²) in [6, 6.07) is 5.76. The van der Waals surface area contributed by atoms with Crippen LogP contribution < -0.4 is 21.2 Å². The Hall–Kier alpha value is -3.42. The topological polar surface area (TPSA) is 99.2 Å². The Morgan fingerprint density at radius 3 is 2.82 bits per heavy atom. The third-order valence-electron chi connectivity index (χ3n) is 7.00. The van der Waals surface area contributed by atoms with Crippen molar-refractivity contribution >= 4 is 28.1 Å². The number of nitrogen functional groups attached to an aromatic ring is 1. The molecule has 1 fully saturated rings. The van der Waals surface area contributed by atoms with Gasteiger partial charge < -0.3 is 20.4 Å². The van der Waals surface area contributed by atoms with Crippen LogP contribution in [0.2, 0.25) is 0 Å². The van der Waals surface area contributed by atoms with Crippen LogP contribution in [0.25, 0.3) is 10.9 Å². The van der Waals surface area contributed by atoms with Crippen LogP contribution in [0, 0.1) is 5.82 Å². The number of carbonyl (C=O) groups is 1. The number of halogens is 1. The van der Waals surface area contributed by atoms with Gasteiger partial charge in [-0.15, -0.1) is 0 Å². The largest absolute Gasteiger partial charge is 0.489 e. The fourth-order valence-electron chi connectivity index (χ4n) is 5.04. The minimum atomic E-state index is -0.718. The lowest BCUT2D eigenvalue weighted by Gasteiger charge is -2.44. The number of aryl methyl sites for hydroxylation is 1. The number of ketones is 1. The Kier molecular flexibility index (Phi) is 5.31. The molecule has 2 aliphatic rings. The van der Waals surface area contributed by atoms with Crippen LogP contribution in [0.5, 0.6) is 5.75 Å². The van der Waals surface area contributed by atoms with Crippen molar-refractivity contribution in [2.45, 2.75) is 51.0 Å². The number of hydrogen-bond donors (Lipinski definition) is 2. The first-order valence-corrected chi connectivity index (χ1v) is 11.4. The van der Waals surface area contributed by atoms with Crippen molar-refractivity contribution in [1.82, 2.24) is 9.55 Å². The summed E-state index contributed by atoms with van der Waals surface area (Å²) in [5.74, 6) is -0.780. The molecule has 3 aromatic rings.